The van der Waals surface area contributed by atoms with E-state index in [4.69, 9.17) is 10.2 Å². The number of hydrogen-bond donors (Lipinski definition) is 4. The molecule has 5 N–H and O–H groups in total. The van der Waals surface area contributed by atoms with E-state index in [1.807, 2.05) is 0 Å². The molecule has 0 atom stereocenters. The number of benzene rings is 1. The largest absolute Gasteiger partial charge is 0.417 e. The number of aromatic nitrogens is 1. The minimum Gasteiger partial charge on any atom is -0.408 e. The van der Waals surface area contributed by atoms with E-state index in [0.717, 1.165) is 0 Å². The van der Waals surface area contributed by atoms with Crippen molar-refractivity contribution in [3.05, 3.63) is 22.7 Å². The molecule has 17 heavy (non-hydrogen) atoms. The molecule has 6 nitrogen and oxygen atoms in total. The van der Waals surface area contributed by atoms with Crippen LogP contribution in [0.3, 0.4) is 0 Å². The van der Waals surface area contributed by atoms with Crippen LogP contribution in [0.25, 0.3) is 11.1 Å². The van der Waals surface area contributed by atoms with Crippen molar-refractivity contribution < 1.29 is 9.52 Å². The van der Waals surface area contributed by atoms with Crippen molar-refractivity contribution in [2.75, 3.05) is 17.6 Å². The fourth-order valence-corrected chi connectivity index (χ4v) is 1.48. The lowest BCUT2D eigenvalue weighted by Gasteiger charge is -2.19. The molecule has 0 saturated heterocycles. The van der Waals surface area contributed by atoms with Crippen molar-refractivity contribution in [2.24, 2.45) is 0 Å². The van der Waals surface area contributed by atoms with Gasteiger partial charge in [0.15, 0.2) is 5.58 Å². The predicted octanol–water partition coefficient (Wildman–Crippen LogP) is 0.886. The minimum atomic E-state index is -0.842. The van der Waals surface area contributed by atoms with Gasteiger partial charge < -0.3 is 20.6 Å². The number of oxazole rings is 1. The smallest absolute Gasteiger partial charge is 0.408 e. The van der Waals surface area contributed by atoms with Gasteiger partial charge in [-0.1, -0.05) is 0 Å². The third-order valence-corrected chi connectivity index (χ3v) is 2.30. The van der Waals surface area contributed by atoms with E-state index in [0.29, 0.717) is 29.0 Å². The molecule has 0 saturated carbocycles. The number of anilines is 2. The number of aliphatic hydroxyl groups is 1. The van der Waals surface area contributed by atoms with Crippen LogP contribution in [0.1, 0.15) is 13.8 Å². The van der Waals surface area contributed by atoms with Crippen LogP contribution in [0, 0.1) is 0 Å². The molecule has 0 radical (unpaired) electrons. The van der Waals surface area contributed by atoms with E-state index in [9.17, 15) is 9.90 Å². The molecular weight excluding hydrogens is 222 g/mol. The number of aromatic amines is 1. The molecule has 1 aromatic heterocycles. The fourth-order valence-electron chi connectivity index (χ4n) is 1.48. The quantitative estimate of drug-likeness (QED) is 0.593. The lowest BCUT2D eigenvalue weighted by Crippen LogP contribution is -2.29. The van der Waals surface area contributed by atoms with Gasteiger partial charge in [0.1, 0.15) is 0 Å². The maximum Gasteiger partial charge on any atom is 0.417 e. The van der Waals surface area contributed by atoms with Crippen molar-refractivity contribution in [1.82, 2.24) is 4.98 Å². The van der Waals surface area contributed by atoms with Crippen LogP contribution in [-0.4, -0.2) is 22.2 Å². The third kappa shape index (κ3) is 2.59. The number of hydrogen-bond acceptors (Lipinski definition) is 5. The van der Waals surface area contributed by atoms with Crippen LogP contribution >= 0.6 is 0 Å². The van der Waals surface area contributed by atoms with Gasteiger partial charge in [-0.2, -0.15) is 0 Å². The Morgan fingerprint density at radius 1 is 1.53 bits per heavy atom. The zero-order chi connectivity index (χ0) is 12.6. The summed E-state index contributed by atoms with van der Waals surface area (Å²) in [5, 5.41) is 12.6. The van der Waals surface area contributed by atoms with Gasteiger partial charge in [-0.05, 0) is 19.9 Å². The molecule has 0 bridgehead atoms. The zero-order valence-electron chi connectivity index (χ0n) is 9.70. The van der Waals surface area contributed by atoms with E-state index < -0.39 is 11.4 Å². The molecule has 0 spiro atoms. The molecule has 0 aliphatic rings. The number of fused-ring (bicyclic) bond motifs is 1. The standard InChI is InChI=1S/C11H15N3O3/c1-11(2,16)5-13-7-4-8-9(3-6(7)12)17-10(15)14-8/h3-4,13,16H,5,12H2,1-2H3,(H,14,15). The van der Waals surface area contributed by atoms with Crippen LogP contribution < -0.4 is 16.8 Å². The highest BCUT2D eigenvalue weighted by atomic mass is 16.4. The molecule has 0 aliphatic heterocycles. The maximum absolute atomic E-state index is 11.0. The summed E-state index contributed by atoms with van der Waals surface area (Å²) >= 11 is 0. The summed E-state index contributed by atoms with van der Waals surface area (Å²) < 4.78 is 4.88. The SMILES string of the molecule is CC(C)(O)CNc1cc2[nH]c(=O)oc2cc1N. The van der Waals surface area contributed by atoms with Crippen molar-refractivity contribution >= 4 is 22.5 Å². The number of H-pyrrole nitrogens is 1. The van der Waals surface area contributed by atoms with Crippen molar-refractivity contribution in [1.29, 1.82) is 0 Å². The third-order valence-electron chi connectivity index (χ3n) is 2.30. The fraction of sp³-hybridized carbons (Fsp3) is 0.364. The van der Waals surface area contributed by atoms with Gasteiger partial charge in [-0.25, -0.2) is 4.79 Å². The number of rotatable bonds is 3. The topological polar surface area (TPSA) is 104 Å². The van der Waals surface area contributed by atoms with E-state index >= 15 is 0 Å². The Bertz CT molecular complexity index is 592. The van der Waals surface area contributed by atoms with E-state index in [2.05, 4.69) is 10.3 Å². The second-order valence-electron chi connectivity index (χ2n) is 4.62. The van der Waals surface area contributed by atoms with Crippen LogP contribution in [0.5, 0.6) is 0 Å². The van der Waals surface area contributed by atoms with E-state index in [1.54, 1.807) is 26.0 Å². The first-order valence-electron chi connectivity index (χ1n) is 5.24. The Balaban J connectivity index is 2.34. The van der Waals surface area contributed by atoms with Crippen molar-refractivity contribution in [3.8, 4) is 0 Å². The molecule has 2 aromatic rings. The van der Waals surface area contributed by atoms with Gasteiger partial charge in [0.25, 0.3) is 0 Å². The van der Waals surface area contributed by atoms with Crippen LogP contribution in [-0.2, 0) is 0 Å². The number of nitrogens with two attached hydrogens (primary N) is 1. The number of nitrogen functional groups attached to an aromatic ring is 1. The minimum absolute atomic E-state index is 0.352. The Labute approximate surface area is 97.4 Å². The molecule has 0 fully saturated rings. The van der Waals surface area contributed by atoms with Crippen LogP contribution in [0.2, 0.25) is 0 Å². The average molecular weight is 237 g/mol. The van der Waals surface area contributed by atoms with Gasteiger partial charge in [0, 0.05) is 12.6 Å². The second kappa shape index (κ2) is 3.81. The Morgan fingerprint density at radius 2 is 2.24 bits per heavy atom. The Kier molecular flexibility index (Phi) is 2.59. The molecule has 92 valence electrons. The Hall–Kier alpha value is -1.95. The summed E-state index contributed by atoms with van der Waals surface area (Å²) in [4.78, 5) is 13.5. The molecule has 2 rings (SSSR count). The molecule has 0 aliphatic carbocycles. The predicted molar refractivity (Wildman–Crippen MR) is 66.0 cm³/mol. The first-order valence-corrected chi connectivity index (χ1v) is 5.24. The lowest BCUT2D eigenvalue weighted by molar-refractivity contribution is 0.0945. The molecule has 0 unspecified atom stereocenters. The average Bonchev–Trinajstić information content (AvgIpc) is 2.52. The van der Waals surface area contributed by atoms with Gasteiger partial charge in [0.05, 0.1) is 22.5 Å². The summed E-state index contributed by atoms with van der Waals surface area (Å²) in [6, 6.07) is 3.25. The first kappa shape index (κ1) is 11.5. The van der Waals surface area contributed by atoms with Crippen LogP contribution in [0.4, 0.5) is 11.4 Å². The monoisotopic (exact) mass is 237 g/mol. The number of nitrogens with one attached hydrogen (secondary N) is 2. The zero-order valence-corrected chi connectivity index (χ0v) is 9.70. The summed E-state index contributed by atoms with van der Waals surface area (Å²) in [5.41, 5.74) is 7.06. The normalized spacial score (nSPS) is 11.9. The van der Waals surface area contributed by atoms with Crippen LogP contribution in [0.15, 0.2) is 21.3 Å². The highest BCUT2D eigenvalue weighted by molar-refractivity contribution is 5.85. The van der Waals surface area contributed by atoms with Gasteiger partial charge in [-0.15, -0.1) is 0 Å². The summed E-state index contributed by atoms with van der Waals surface area (Å²) in [7, 11) is 0. The second-order valence-corrected chi connectivity index (χ2v) is 4.62. The highest BCUT2D eigenvalue weighted by Crippen LogP contribution is 2.24. The summed E-state index contributed by atoms with van der Waals surface area (Å²) in [6.45, 7) is 3.73. The van der Waals surface area contributed by atoms with Gasteiger partial charge in [-0.3, -0.25) is 4.98 Å². The van der Waals surface area contributed by atoms with E-state index in [-0.39, 0.29) is 0 Å². The molecule has 6 heteroatoms. The summed E-state index contributed by atoms with van der Waals surface area (Å²) in [6.07, 6.45) is 0. The molecule has 0 amide bonds. The first-order chi connectivity index (χ1) is 7.85. The Morgan fingerprint density at radius 3 is 2.88 bits per heavy atom. The molecule has 1 heterocycles. The maximum atomic E-state index is 11.0. The van der Waals surface area contributed by atoms with Crippen molar-refractivity contribution in [2.45, 2.75) is 19.4 Å². The van der Waals surface area contributed by atoms with Gasteiger partial charge >= 0.3 is 5.76 Å². The molecule has 1 aromatic carbocycles. The summed E-state index contributed by atoms with van der Waals surface area (Å²) in [5.74, 6) is -0.515. The highest BCUT2D eigenvalue weighted by Gasteiger charge is 2.13. The van der Waals surface area contributed by atoms with Crippen molar-refractivity contribution in [3.63, 3.8) is 0 Å². The van der Waals surface area contributed by atoms with Gasteiger partial charge in [0.2, 0.25) is 0 Å². The lowest BCUT2D eigenvalue weighted by atomic mass is 10.1. The van der Waals surface area contributed by atoms with E-state index in [1.165, 1.54) is 0 Å². The molecular formula is C11H15N3O3.